The first-order chi connectivity index (χ1) is 9.98. The average molecular weight is 358 g/mol. The van der Waals surface area contributed by atoms with Gasteiger partial charge in [0.2, 0.25) is 5.91 Å². The van der Waals surface area contributed by atoms with Crippen LogP contribution in [0.4, 0.5) is 11.4 Å². The zero-order chi connectivity index (χ0) is 15.5. The summed E-state index contributed by atoms with van der Waals surface area (Å²) in [7, 11) is 0. The van der Waals surface area contributed by atoms with Crippen molar-refractivity contribution in [2.24, 2.45) is 11.1 Å². The minimum absolute atomic E-state index is 0.0812. The highest BCUT2D eigenvalue weighted by Crippen LogP contribution is 2.33. The lowest BCUT2D eigenvalue weighted by Crippen LogP contribution is -2.46. The average Bonchev–Trinajstić information content (AvgIpc) is 2.49. The Kier molecular flexibility index (Phi) is 4.92. The molecule has 7 nitrogen and oxygen atoms in total. The number of nitrogens with two attached hydrogens (primary N) is 1. The number of nitro benzene ring substituents is 1. The quantitative estimate of drug-likeness (QED) is 0.633. The molecule has 0 aromatic heterocycles. The number of amides is 1. The number of nitro groups is 1. The monoisotopic (exact) mass is 357 g/mol. The Morgan fingerprint density at radius 1 is 1.48 bits per heavy atom. The summed E-state index contributed by atoms with van der Waals surface area (Å²) in [4.78, 5) is 22.8. The first-order valence-electron chi connectivity index (χ1n) is 6.52. The van der Waals surface area contributed by atoms with Crippen LogP contribution in [0.1, 0.15) is 12.8 Å². The van der Waals surface area contributed by atoms with Crippen LogP contribution in [0.25, 0.3) is 0 Å². The van der Waals surface area contributed by atoms with Gasteiger partial charge in [-0.15, -0.1) is 0 Å². The Morgan fingerprint density at radius 3 is 2.71 bits per heavy atom. The first kappa shape index (κ1) is 15.9. The summed E-state index contributed by atoms with van der Waals surface area (Å²) in [5.74, 6) is -0.227. The highest BCUT2D eigenvalue weighted by atomic mass is 79.9. The molecule has 8 heteroatoms. The maximum absolute atomic E-state index is 12.5. The van der Waals surface area contributed by atoms with Crippen LogP contribution in [0, 0.1) is 15.5 Å². The second kappa shape index (κ2) is 6.50. The van der Waals surface area contributed by atoms with E-state index in [1.165, 1.54) is 18.2 Å². The predicted octanol–water partition coefficient (Wildman–Crippen LogP) is 2.05. The van der Waals surface area contributed by atoms with E-state index in [1.807, 2.05) is 0 Å². The number of halogens is 1. The van der Waals surface area contributed by atoms with Gasteiger partial charge in [-0.3, -0.25) is 14.9 Å². The van der Waals surface area contributed by atoms with Crippen molar-refractivity contribution in [2.45, 2.75) is 12.8 Å². The van der Waals surface area contributed by atoms with Crippen molar-refractivity contribution in [1.29, 1.82) is 0 Å². The SMILES string of the molecule is NCC1(C(=O)Nc2cc([N+](=O)[O-])ccc2Br)CCOCC1. The van der Waals surface area contributed by atoms with Crippen LogP contribution in [0.3, 0.4) is 0 Å². The Bertz CT molecular complexity index is 558. The summed E-state index contributed by atoms with van der Waals surface area (Å²) in [5, 5.41) is 13.6. The highest BCUT2D eigenvalue weighted by Gasteiger charge is 2.39. The van der Waals surface area contributed by atoms with Crippen molar-refractivity contribution in [3.05, 3.63) is 32.8 Å². The lowest BCUT2D eigenvalue weighted by molar-refractivity contribution is -0.384. The van der Waals surface area contributed by atoms with Gasteiger partial charge in [-0.1, -0.05) is 0 Å². The normalized spacial score (nSPS) is 17.2. The maximum atomic E-state index is 12.5. The molecule has 3 N–H and O–H groups in total. The number of rotatable bonds is 4. The van der Waals surface area contributed by atoms with E-state index >= 15 is 0 Å². The van der Waals surface area contributed by atoms with E-state index in [4.69, 9.17) is 10.5 Å². The number of carbonyl (C=O) groups excluding carboxylic acids is 1. The largest absolute Gasteiger partial charge is 0.381 e. The van der Waals surface area contributed by atoms with Crippen LogP contribution in [-0.2, 0) is 9.53 Å². The zero-order valence-electron chi connectivity index (χ0n) is 11.3. The van der Waals surface area contributed by atoms with E-state index in [-0.39, 0.29) is 18.1 Å². The number of hydrogen-bond donors (Lipinski definition) is 2. The molecular weight excluding hydrogens is 342 g/mol. The fourth-order valence-electron chi connectivity index (χ4n) is 2.26. The molecule has 0 bridgehead atoms. The van der Waals surface area contributed by atoms with Gasteiger partial charge in [0, 0.05) is 36.4 Å². The van der Waals surface area contributed by atoms with Crippen LogP contribution in [-0.4, -0.2) is 30.6 Å². The second-order valence-electron chi connectivity index (χ2n) is 4.97. The molecule has 0 saturated carbocycles. The van der Waals surface area contributed by atoms with Gasteiger partial charge in [0.15, 0.2) is 0 Å². The van der Waals surface area contributed by atoms with Crippen molar-refractivity contribution >= 4 is 33.2 Å². The summed E-state index contributed by atoms with van der Waals surface area (Å²) >= 11 is 3.28. The van der Waals surface area contributed by atoms with Crippen LogP contribution in [0.2, 0.25) is 0 Å². The molecular formula is C13H16BrN3O4. The van der Waals surface area contributed by atoms with Crippen LogP contribution < -0.4 is 11.1 Å². The molecule has 21 heavy (non-hydrogen) atoms. The molecule has 2 rings (SSSR count). The molecule has 0 atom stereocenters. The number of benzene rings is 1. The molecule has 0 spiro atoms. The fourth-order valence-corrected chi connectivity index (χ4v) is 2.61. The lowest BCUT2D eigenvalue weighted by Gasteiger charge is -2.34. The molecule has 1 aromatic rings. The number of nitrogens with one attached hydrogen (secondary N) is 1. The van der Waals surface area contributed by atoms with Gasteiger partial charge in [-0.05, 0) is 34.8 Å². The molecule has 1 saturated heterocycles. The Morgan fingerprint density at radius 2 is 2.14 bits per heavy atom. The first-order valence-corrected chi connectivity index (χ1v) is 7.31. The molecule has 1 aliphatic rings. The summed E-state index contributed by atoms with van der Waals surface area (Å²) in [6.07, 6.45) is 1.09. The number of nitrogens with zero attached hydrogens (tertiary/aromatic N) is 1. The molecule has 1 heterocycles. The minimum Gasteiger partial charge on any atom is -0.381 e. The Labute approximate surface area is 130 Å². The molecule has 1 aromatic carbocycles. The third-order valence-corrected chi connectivity index (χ3v) is 4.42. The van der Waals surface area contributed by atoms with Crippen molar-refractivity contribution < 1.29 is 14.5 Å². The standard InChI is InChI=1S/C13H16BrN3O4/c14-10-2-1-9(17(19)20)7-11(10)16-12(18)13(8-15)3-5-21-6-4-13/h1-2,7H,3-6,8,15H2,(H,16,18). The van der Waals surface area contributed by atoms with Gasteiger partial charge in [0.25, 0.3) is 5.69 Å². The number of hydrogen-bond acceptors (Lipinski definition) is 5. The highest BCUT2D eigenvalue weighted by molar-refractivity contribution is 9.10. The summed E-state index contributed by atoms with van der Waals surface area (Å²) in [6.45, 7) is 1.19. The van der Waals surface area contributed by atoms with Gasteiger partial charge in [0.05, 0.1) is 16.0 Å². The lowest BCUT2D eigenvalue weighted by atomic mass is 9.79. The van der Waals surface area contributed by atoms with Gasteiger partial charge in [-0.25, -0.2) is 0 Å². The number of carbonyl (C=O) groups is 1. The van der Waals surface area contributed by atoms with E-state index in [0.717, 1.165) is 0 Å². The summed E-state index contributed by atoms with van der Waals surface area (Å²) in [5.41, 5.74) is 5.38. The van der Waals surface area contributed by atoms with E-state index < -0.39 is 10.3 Å². The third-order valence-electron chi connectivity index (χ3n) is 3.73. The topological polar surface area (TPSA) is 107 Å². The fraction of sp³-hybridized carbons (Fsp3) is 0.462. The zero-order valence-corrected chi connectivity index (χ0v) is 12.9. The van der Waals surface area contributed by atoms with Gasteiger partial charge in [0.1, 0.15) is 0 Å². The van der Waals surface area contributed by atoms with Crippen molar-refractivity contribution in [2.75, 3.05) is 25.1 Å². The molecule has 1 aliphatic heterocycles. The number of ether oxygens (including phenoxy) is 1. The molecule has 1 fully saturated rings. The van der Waals surface area contributed by atoms with Crippen LogP contribution in [0.5, 0.6) is 0 Å². The third kappa shape index (κ3) is 3.39. The smallest absolute Gasteiger partial charge is 0.271 e. The van der Waals surface area contributed by atoms with E-state index in [9.17, 15) is 14.9 Å². The second-order valence-corrected chi connectivity index (χ2v) is 5.83. The molecule has 0 aliphatic carbocycles. The predicted molar refractivity (Wildman–Crippen MR) is 81.0 cm³/mol. The van der Waals surface area contributed by atoms with Crippen LogP contribution in [0.15, 0.2) is 22.7 Å². The summed E-state index contributed by atoms with van der Waals surface area (Å²) < 4.78 is 5.85. The molecule has 0 radical (unpaired) electrons. The van der Waals surface area contributed by atoms with E-state index in [0.29, 0.717) is 36.2 Å². The molecule has 0 unspecified atom stereocenters. The van der Waals surface area contributed by atoms with Gasteiger partial charge < -0.3 is 15.8 Å². The van der Waals surface area contributed by atoms with E-state index in [2.05, 4.69) is 21.2 Å². The number of anilines is 1. The molecule has 114 valence electrons. The summed E-state index contributed by atoms with van der Waals surface area (Å²) in [6, 6.07) is 4.23. The van der Waals surface area contributed by atoms with Crippen molar-refractivity contribution in [1.82, 2.24) is 0 Å². The van der Waals surface area contributed by atoms with Gasteiger partial charge in [-0.2, -0.15) is 0 Å². The number of non-ortho nitro benzene ring substituents is 1. The minimum atomic E-state index is -0.678. The Hall–Kier alpha value is -1.51. The van der Waals surface area contributed by atoms with Crippen molar-refractivity contribution in [3.63, 3.8) is 0 Å². The maximum Gasteiger partial charge on any atom is 0.271 e. The van der Waals surface area contributed by atoms with Gasteiger partial charge >= 0.3 is 0 Å². The van der Waals surface area contributed by atoms with E-state index in [1.54, 1.807) is 0 Å². The molecule has 1 amide bonds. The van der Waals surface area contributed by atoms with Crippen molar-refractivity contribution in [3.8, 4) is 0 Å². The van der Waals surface area contributed by atoms with Crippen LogP contribution >= 0.6 is 15.9 Å². The Balaban J connectivity index is 2.22.